The Hall–Kier alpha value is -2.47. The van der Waals surface area contributed by atoms with E-state index in [2.05, 4.69) is 29.2 Å². The Labute approximate surface area is 160 Å². The summed E-state index contributed by atoms with van der Waals surface area (Å²) in [5, 5.41) is 10.7. The van der Waals surface area contributed by atoms with Crippen LogP contribution in [0.2, 0.25) is 0 Å². The topological polar surface area (TPSA) is 33.1 Å². The molecule has 1 aliphatic carbocycles. The second-order valence-corrected chi connectivity index (χ2v) is 7.20. The summed E-state index contributed by atoms with van der Waals surface area (Å²) in [6.07, 6.45) is -5.95. The number of aromatic nitrogens is 1. The van der Waals surface area contributed by atoms with Crippen molar-refractivity contribution in [2.45, 2.75) is 37.7 Å². The number of para-hydroxylation sites is 1. The summed E-state index contributed by atoms with van der Waals surface area (Å²) in [4.78, 5) is 4.35. The molecule has 0 fully saturated rings. The average Bonchev–Trinajstić information content (AvgIpc) is 3.37. The Bertz CT molecular complexity index is 978. The van der Waals surface area contributed by atoms with Gasteiger partial charge in [0.25, 0.3) is 0 Å². The standard InChI is InChI=1S/C13H16F4O.C9H5N/c1-8(15)11(18)12(17)13(2,7-14)9-4-3-5-10(16)6-9;1-2-4-8-6(3-1)7-5-9(7)10-8/h3-6,8,11-12,18H,7H2,1-2H3;1-5H. The predicted octanol–water partition coefficient (Wildman–Crippen LogP) is 5.33. The van der Waals surface area contributed by atoms with Gasteiger partial charge in [0.15, 0.2) is 0 Å². The van der Waals surface area contributed by atoms with E-state index >= 15 is 0 Å². The highest BCUT2D eigenvalue weighted by Gasteiger charge is 2.43. The normalized spacial score (nSPS) is 17.1. The summed E-state index contributed by atoms with van der Waals surface area (Å²) in [6.45, 7) is 1.01. The molecule has 1 heterocycles. The van der Waals surface area contributed by atoms with E-state index in [1.807, 2.05) is 6.07 Å². The first-order valence-electron chi connectivity index (χ1n) is 8.96. The molecule has 2 aromatic rings. The van der Waals surface area contributed by atoms with Crippen LogP contribution in [0.25, 0.3) is 22.2 Å². The van der Waals surface area contributed by atoms with Gasteiger partial charge >= 0.3 is 0 Å². The summed E-state index contributed by atoms with van der Waals surface area (Å²) in [6, 6.07) is 15.2. The molecule has 0 bridgehead atoms. The smallest absolute Gasteiger partial charge is 0.141 e. The maximum Gasteiger partial charge on any atom is 0.141 e. The largest absolute Gasteiger partial charge is 0.387 e. The van der Waals surface area contributed by atoms with Gasteiger partial charge < -0.3 is 5.11 Å². The van der Waals surface area contributed by atoms with Gasteiger partial charge in [0, 0.05) is 10.9 Å². The van der Waals surface area contributed by atoms with Crippen molar-refractivity contribution in [2.24, 2.45) is 0 Å². The molecule has 4 unspecified atom stereocenters. The first-order chi connectivity index (χ1) is 13.3. The van der Waals surface area contributed by atoms with E-state index in [0.717, 1.165) is 24.6 Å². The monoisotopic (exact) mass is 391 g/mol. The second-order valence-electron chi connectivity index (χ2n) is 7.20. The van der Waals surface area contributed by atoms with E-state index in [1.165, 1.54) is 35.7 Å². The maximum absolute atomic E-state index is 14.1. The molecule has 148 valence electrons. The van der Waals surface area contributed by atoms with Gasteiger partial charge in [-0.3, -0.25) is 4.39 Å². The molecule has 1 N–H and O–H groups in total. The van der Waals surface area contributed by atoms with Gasteiger partial charge in [-0.2, -0.15) is 0 Å². The number of fused-ring (bicyclic) bond motifs is 3. The first-order valence-corrected chi connectivity index (χ1v) is 8.96. The van der Waals surface area contributed by atoms with Gasteiger partial charge in [0.1, 0.15) is 30.9 Å². The summed E-state index contributed by atoms with van der Waals surface area (Å²) in [5.41, 5.74) is 1.94. The third-order valence-corrected chi connectivity index (χ3v) is 5.05. The minimum absolute atomic E-state index is 0.0530. The van der Waals surface area contributed by atoms with Crippen LogP contribution in [0.4, 0.5) is 17.6 Å². The molecule has 1 aliphatic heterocycles. The van der Waals surface area contributed by atoms with E-state index in [0.29, 0.717) is 0 Å². The third kappa shape index (κ3) is 3.87. The number of alkyl halides is 3. The van der Waals surface area contributed by atoms with Gasteiger partial charge in [-0.25, -0.2) is 18.2 Å². The molecule has 6 heteroatoms. The Morgan fingerprint density at radius 3 is 2.39 bits per heavy atom. The highest BCUT2D eigenvalue weighted by Crippen LogP contribution is 2.39. The molecule has 0 spiro atoms. The highest BCUT2D eigenvalue weighted by atomic mass is 19.2. The molecular formula is C22H21F4NO. The first kappa shape index (κ1) is 20.3. The number of hydrogen-bond acceptors (Lipinski definition) is 2. The summed E-state index contributed by atoms with van der Waals surface area (Å²) >= 11 is 0. The molecule has 2 nitrogen and oxygen atoms in total. The van der Waals surface area contributed by atoms with Crippen LogP contribution in [-0.2, 0) is 5.41 Å². The van der Waals surface area contributed by atoms with Crippen LogP contribution < -0.4 is 0 Å². The van der Waals surface area contributed by atoms with E-state index in [-0.39, 0.29) is 5.56 Å². The zero-order chi connectivity index (χ0) is 20.5. The van der Waals surface area contributed by atoms with Gasteiger partial charge in [-0.1, -0.05) is 37.3 Å². The van der Waals surface area contributed by atoms with Crippen molar-refractivity contribution in [2.75, 3.05) is 6.67 Å². The Kier molecular flexibility index (Phi) is 5.70. The summed E-state index contributed by atoms with van der Waals surface area (Å²) < 4.78 is 53.2. The van der Waals surface area contributed by atoms with Crippen LogP contribution in [0.5, 0.6) is 0 Å². The Morgan fingerprint density at radius 1 is 1.07 bits per heavy atom. The predicted molar refractivity (Wildman–Crippen MR) is 102 cm³/mol. The van der Waals surface area contributed by atoms with Crippen LogP contribution in [0.3, 0.4) is 0 Å². The lowest BCUT2D eigenvalue weighted by Gasteiger charge is -2.34. The van der Waals surface area contributed by atoms with E-state index in [4.69, 9.17) is 0 Å². The fraction of sp³-hybridized carbons (Fsp3) is 0.318. The van der Waals surface area contributed by atoms with Crippen LogP contribution in [0.15, 0.2) is 54.6 Å². The number of benzene rings is 2. The van der Waals surface area contributed by atoms with Gasteiger partial charge in [-0.15, -0.1) is 0 Å². The van der Waals surface area contributed by atoms with Crippen LogP contribution in [-0.4, -0.2) is 35.2 Å². The maximum atomic E-state index is 14.1. The summed E-state index contributed by atoms with van der Waals surface area (Å²) in [5.74, 6) is -0.637. The minimum atomic E-state index is -2.16. The molecule has 0 saturated heterocycles. The molecular weight excluding hydrogens is 370 g/mol. The molecule has 28 heavy (non-hydrogen) atoms. The molecule has 4 rings (SSSR count). The number of halogens is 4. The zero-order valence-electron chi connectivity index (χ0n) is 15.5. The molecule has 4 atom stereocenters. The van der Waals surface area contributed by atoms with Crippen molar-refractivity contribution < 1.29 is 22.7 Å². The summed E-state index contributed by atoms with van der Waals surface area (Å²) in [7, 11) is 0. The molecule has 0 saturated carbocycles. The number of pyridine rings is 1. The van der Waals surface area contributed by atoms with Crippen LogP contribution in [0.1, 0.15) is 19.4 Å². The van der Waals surface area contributed by atoms with Gasteiger partial charge in [0.05, 0.1) is 16.6 Å². The fourth-order valence-electron chi connectivity index (χ4n) is 3.10. The fourth-order valence-corrected chi connectivity index (χ4v) is 3.10. The molecule has 0 radical (unpaired) electrons. The molecule has 0 aromatic heterocycles. The van der Waals surface area contributed by atoms with Crippen LogP contribution in [0, 0.1) is 5.82 Å². The van der Waals surface area contributed by atoms with Crippen molar-refractivity contribution in [3.8, 4) is 11.3 Å². The molecule has 0 amide bonds. The Morgan fingerprint density at radius 2 is 1.79 bits per heavy atom. The minimum Gasteiger partial charge on any atom is -0.387 e. The van der Waals surface area contributed by atoms with Crippen molar-refractivity contribution in [3.05, 3.63) is 66.0 Å². The molecule has 2 aromatic carbocycles. The van der Waals surface area contributed by atoms with Crippen molar-refractivity contribution >= 4 is 10.9 Å². The third-order valence-electron chi connectivity index (χ3n) is 5.05. The lowest BCUT2D eigenvalue weighted by molar-refractivity contribution is -0.0203. The number of aliphatic hydroxyl groups excluding tert-OH is 1. The second kappa shape index (κ2) is 7.87. The lowest BCUT2D eigenvalue weighted by Crippen LogP contribution is -2.46. The quantitative estimate of drug-likeness (QED) is 0.467. The lowest BCUT2D eigenvalue weighted by atomic mass is 9.76. The van der Waals surface area contributed by atoms with E-state index in [9.17, 15) is 22.7 Å². The molecule has 2 aliphatic rings. The van der Waals surface area contributed by atoms with E-state index in [1.54, 1.807) is 0 Å². The van der Waals surface area contributed by atoms with E-state index < -0.39 is 36.4 Å². The highest BCUT2D eigenvalue weighted by molar-refractivity contribution is 6.04. The van der Waals surface area contributed by atoms with Gasteiger partial charge in [0.2, 0.25) is 0 Å². The van der Waals surface area contributed by atoms with Gasteiger partial charge in [-0.05, 0) is 36.8 Å². The number of rotatable bonds is 5. The zero-order valence-corrected chi connectivity index (χ0v) is 15.5. The average molecular weight is 391 g/mol. The van der Waals surface area contributed by atoms with Crippen LogP contribution >= 0.6 is 0 Å². The number of aliphatic hydroxyl groups is 1. The SMILES string of the molecule is CC(F)C(O)C(F)C(C)(CF)c1cccc(F)c1.c1ccc2c3cc-3nc2c1. The van der Waals surface area contributed by atoms with Crippen molar-refractivity contribution in [3.63, 3.8) is 0 Å². The number of nitrogens with zero attached hydrogens (tertiary/aromatic N) is 1. The Balaban J connectivity index is 0.000000185. The number of hydrogen-bond donors (Lipinski definition) is 1. The van der Waals surface area contributed by atoms with Crippen molar-refractivity contribution in [1.29, 1.82) is 0 Å². The van der Waals surface area contributed by atoms with Crippen molar-refractivity contribution in [1.82, 2.24) is 4.98 Å².